The Kier molecular flexibility index (Phi) is 2.66. The normalized spacial score (nSPS) is 11.5. The third-order valence-corrected chi connectivity index (χ3v) is 1.88. The molecule has 0 fully saturated rings. The van der Waals surface area contributed by atoms with E-state index < -0.39 is 17.2 Å². The van der Waals surface area contributed by atoms with Crippen LogP contribution in [0, 0.1) is 11.6 Å². The molecule has 2 nitrogen and oxygen atoms in total. The number of carbonyl (C=O) groups is 1. The van der Waals surface area contributed by atoms with Crippen molar-refractivity contribution in [1.29, 1.82) is 0 Å². The number of carbonyl (C=O) groups excluding carboxylic acids is 1. The lowest BCUT2D eigenvalue weighted by Gasteiger charge is -2.19. The molecule has 76 valence electrons. The van der Waals surface area contributed by atoms with Gasteiger partial charge in [-0.25, -0.2) is 8.78 Å². The fourth-order valence-corrected chi connectivity index (χ4v) is 1.19. The van der Waals surface area contributed by atoms with Crippen molar-refractivity contribution in [1.82, 2.24) is 0 Å². The van der Waals surface area contributed by atoms with Gasteiger partial charge in [-0.3, -0.25) is 4.79 Å². The molecule has 0 saturated carbocycles. The van der Waals surface area contributed by atoms with Crippen LogP contribution < -0.4 is 0 Å². The molecule has 0 spiro atoms. The van der Waals surface area contributed by atoms with Crippen LogP contribution in [0.15, 0.2) is 12.1 Å². The summed E-state index contributed by atoms with van der Waals surface area (Å²) in [6.07, 6.45) is 0.385. The summed E-state index contributed by atoms with van der Waals surface area (Å²) in [4.78, 5) is 10.5. The molecule has 1 rings (SSSR count). The zero-order valence-corrected chi connectivity index (χ0v) is 7.84. The van der Waals surface area contributed by atoms with E-state index in [1.54, 1.807) is 0 Å². The minimum absolute atomic E-state index is 0.0450. The summed E-state index contributed by atoms with van der Waals surface area (Å²) < 4.78 is 25.5. The van der Waals surface area contributed by atoms with Crippen LogP contribution in [0.25, 0.3) is 0 Å². The van der Waals surface area contributed by atoms with Crippen LogP contribution >= 0.6 is 0 Å². The second kappa shape index (κ2) is 3.46. The fourth-order valence-electron chi connectivity index (χ4n) is 1.19. The molecule has 1 aromatic rings. The van der Waals surface area contributed by atoms with E-state index in [4.69, 9.17) is 0 Å². The van der Waals surface area contributed by atoms with Crippen molar-refractivity contribution in [3.05, 3.63) is 34.9 Å². The third-order valence-electron chi connectivity index (χ3n) is 1.88. The van der Waals surface area contributed by atoms with E-state index in [1.807, 2.05) is 0 Å². The Balaban J connectivity index is 3.42. The first-order chi connectivity index (χ1) is 6.36. The zero-order valence-electron chi connectivity index (χ0n) is 7.84. The quantitative estimate of drug-likeness (QED) is 0.741. The van der Waals surface area contributed by atoms with Gasteiger partial charge in [0, 0.05) is 5.56 Å². The number of hydrogen-bond donors (Lipinski definition) is 1. The highest BCUT2D eigenvalue weighted by Crippen LogP contribution is 2.24. The van der Waals surface area contributed by atoms with Gasteiger partial charge >= 0.3 is 0 Å². The Morgan fingerprint density at radius 2 is 1.79 bits per heavy atom. The first-order valence-corrected chi connectivity index (χ1v) is 4.03. The first kappa shape index (κ1) is 10.8. The van der Waals surface area contributed by atoms with Crippen LogP contribution in [-0.4, -0.2) is 11.4 Å². The summed E-state index contributed by atoms with van der Waals surface area (Å²) in [7, 11) is 0. The molecule has 0 amide bonds. The average molecular weight is 200 g/mol. The predicted octanol–water partition coefficient (Wildman–Crippen LogP) is 2.00. The SMILES string of the molecule is CC(C)(O)c1cc(F)c(F)cc1C=O. The summed E-state index contributed by atoms with van der Waals surface area (Å²) in [5, 5.41) is 9.57. The standard InChI is InChI=1S/C10H10F2O2/c1-10(2,14)7-4-9(12)8(11)3-6(7)5-13/h3-5,14H,1-2H3. The van der Waals surface area contributed by atoms with Crippen molar-refractivity contribution < 1.29 is 18.7 Å². The summed E-state index contributed by atoms with van der Waals surface area (Å²) in [5.74, 6) is -2.17. The van der Waals surface area contributed by atoms with Crippen LogP contribution in [0.1, 0.15) is 29.8 Å². The maximum atomic E-state index is 12.8. The lowest BCUT2D eigenvalue weighted by molar-refractivity contribution is 0.0763. The van der Waals surface area contributed by atoms with Crippen molar-refractivity contribution in [2.24, 2.45) is 0 Å². The van der Waals surface area contributed by atoms with E-state index in [-0.39, 0.29) is 11.1 Å². The van der Waals surface area contributed by atoms with Gasteiger partial charge in [0.25, 0.3) is 0 Å². The minimum atomic E-state index is -1.37. The van der Waals surface area contributed by atoms with Crippen molar-refractivity contribution in [2.45, 2.75) is 19.4 Å². The van der Waals surface area contributed by atoms with Crippen LogP contribution in [0.5, 0.6) is 0 Å². The van der Waals surface area contributed by atoms with Gasteiger partial charge in [0.15, 0.2) is 17.9 Å². The molecular weight excluding hydrogens is 190 g/mol. The van der Waals surface area contributed by atoms with Gasteiger partial charge in [-0.15, -0.1) is 0 Å². The molecule has 0 aromatic heterocycles. The molecule has 0 saturated heterocycles. The second-order valence-corrected chi connectivity index (χ2v) is 3.53. The zero-order chi connectivity index (χ0) is 10.9. The molecule has 0 bridgehead atoms. The van der Waals surface area contributed by atoms with Crippen molar-refractivity contribution in [3.63, 3.8) is 0 Å². The minimum Gasteiger partial charge on any atom is -0.386 e. The molecule has 0 atom stereocenters. The molecule has 0 aliphatic carbocycles. The van der Waals surface area contributed by atoms with Crippen LogP contribution in [0.3, 0.4) is 0 Å². The molecule has 1 aromatic carbocycles. The molecular formula is C10H10F2O2. The average Bonchev–Trinajstić information content (AvgIpc) is 2.07. The van der Waals surface area contributed by atoms with Crippen molar-refractivity contribution in [3.8, 4) is 0 Å². The highest BCUT2D eigenvalue weighted by molar-refractivity contribution is 5.77. The topological polar surface area (TPSA) is 37.3 Å². The van der Waals surface area contributed by atoms with E-state index in [0.717, 1.165) is 12.1 Å². The highest BCUT2D eigenvalue weighted by Gasteiger charge is 2.22. The predicted molar refractivity (Wildman–Crippen MR) is 47.0 cm³/mol. The summed E-state index contributed by atoms with van der Waals surface area (Å²) in [6, 6.07) is 1.61. The van der Waals surface area contributed by atoms with Gasteiger partial charge in [-0.05, 0) is 31.5 Å². The summed E-state index contributed by atoms with van der Waals surface area (Å²) >= 11 is 0. The van der Waals surface area contributed by atoms with Crippen molar-refractivity contribution >= 4 is 6.29 Å². The molecule has 0 radical (unpaired) electrons. The lowest BCUT2D eigenvalue weighted by Crippen LogP contribution is -2.18. The summed E-state index contributed by atoms with van der Waals surface area (Å²) in [5.41, 5.74) is -1.34. The number of aliphatic hydroxyl groups is 1. The van der Waals surface area contributed by atoms with Gasteiger partial charge in [0.05, 0.1) is 5.60 Å². The Hall–Kier alpha value is -1.29. The van der Waals surface area contributed by atoms with Gasteiger partial charge in [0.1, 0.15) is 0 Å². The van der Waals surface area contributed by atoms with Gasteiger partial charge in [0.2, 0.25) is 0 Å². The molecule has 14 heavy (non-hydrogen) atoms. The number of hydrogen-bond acceptors (Lipinski definition) is 2. The molecule has 4 heteroatoms. The van der Waals surface area contributed by atoms with Crippen LogP contribution in [-0.2, 0) is 5.60 Å². The van der Waals surface area contributed by atoms with Gasteiger partial charge in [-0.1, -0.05) is 0 Å². The summed E-state index contributed by atoms with van der Waals surface area (Å²) in [6.45, 7) is 2.79. The smallest absolute Gasteiger partial charge is 0.159 e. The Morgan fingerprint density at radius 1 is 1.29 bits per heavy atom. The maximum Gasteiger partial charge on any atom is 0.159 e. The van der Waals surface area contributed by atoms with Crippen LogP contribution in [0.4, 0.5) is 8.78 Å². The third kappa shape index (κ3) is 1.96. The highest BCUT2D eigenvalue weighted by atomic mass is 19.2. The Labute approximate surface area is 80.2 Å². The largest absolute Gasteiger partial charge is 0.386 e. The second-order valence-electron chi connectivity index (χ2n) is 3.53. The number of rotatable bonds is 2. The van der Waals surface area contributed by atoms with Crippen LogP contribution in [0.2, 0.25) is 0 Å². The monoisotopic (exact) mass is 200 g/mol. The van der Waals surface area contributed by atoms with Gasteiger partial charge in [-0.2, -0.15) is 0 Å². The Bertz CT molecular complexity index is 367. The first-order valence-electron chi connectivity index (χ1n) is 4.03. The number of benzene rings is 1. The van der Waals surface area contributed by atoms with E-state index in [1.165, 1.54) is 13.8 Å². The number of aldehydes is 1. The fraction of sp³-hybridized carbons (Fsp3) is 0.300. The molecule has 1 N–H and O–H groups in total. The van der Waals surface area contributed by atoms with E-state index >= 15 is 0 Å². The number of halogens is 2. The van der Waals surface area contributed by atoms with E-state index in [0.29, 0.717) is 6.29 Å². The molecule has 0 aliphatic rings. The molecule has 0 unspecified atom stereocenters. The van der Waals surface area contributed by atoms with Crippen molar-refractivity contribution in [2.75, 3.05) is 0 Å². The lowest BCUT2D eigenvalue weighted by atomic mass is 9.93. The Morgan fingerprint density at radius 3 is 2.21 bits per heavy atom. The van der Waals surface area contributed by atoms with E-state index in [2.05, 4.69) is 0 Å². The molecule has 0 aliphatic heterocycles. The maximum absolute atomic E-state index is 12.8. The molecule has 0 heterocycles. The van der Waals surface area contributed by atoms with Gasteiger partial charge < -0.3 is 5.11 Å². The van der Waals surface area contributed by atoms with E-state index in [9.17, 15) is 18.7 Å².